The summed E-state index contributed by atoms with van der Waals surface area (Å²) in [6.45, 7) is 4.09. The zero-order chi connectivity index (χ0) is 9.26. The Hall–Kier alpha value is -1.22. The van der Waals surface area contributed by atoms with Crippen LogP contribution in [-0.4, -0.2) is 0 Å². The van der Waals surface area contributed by atoms with E-state index in [1.165, 1.54) is 30.4 Å². The predicted octanol–water partition coefficient (Wildman–Crippen LogP) is 2.86. The molecule has 0 aliphatic heterocycles. The van der Waals surface area contributed by atoms with Crippen LogP contribution in [0.2, 0.25) is 0 Å². The van der Waals surface area contributed by atoms with Gasteiger partial charge in [-0.2, -0.15) is 0 Å². The maximum absolute atomic E-state index is 3.16. The third-order valence-electron chi connectivity index (χ3n) is 2.83. The maximum Gasteiger partial charge on any atom is 0.0277 e. The van der Waals surface area contributed by atoms with E-state index >= 15 is 0 Å². The fourth-order valence-corrected chi connectivity index (χ4v) is 2.12. The molecule has 0 radical (unpaired) electrons. The highest BCUT2D eigenvalue weighted by Gasteiger charge is 2.13. The Bertz CT molecular complexity index is 388. The van der Waals surface area contributed by atoms with E-state index in [9.17, 15) is 0 Å². The van der Waals surface area contributed by atoms with Gasteiger partial charge in [0.05, 0.1) is 0 Å². The Labute approximate surface area is 80.0 Å². The Morgan fingerprint density at radius 2 is 2.08 bits per heavy atom. The third-order valence-corrected chi connectivity index (χ3v) is 2.83. The normalized spacial score (nSPS) is 13.4. The van der Waals surface area contributed by atoms with E-state index in [-0.39, 0.29) is 0 Å². The van der Waals surface area contributed by atoms with Crippen molar-refractivity contribution in [1.29, 1.82) is 0 Å². The summed E-state index contributed by atoms with van der Waals surface area (Å²) < 4.78 is 0. The number of fused-ring (bicyclic) bond motifs is 1. The SMILES string of the molecule is CC#Cc1ccc2c(c1C)CCC2. The molecule has 1 aliphatic carbocycles. The molecule has 0 unspecified atom stereocenters. The summed E-state index contributed by atoms with van der Waals surface area (Å²) in [5.41, 5.74) is 5.71. The Kier molecular flexibility index (Phi) is 2.10. The van der Waals surface area contributed by atoms with Crippen LogP contribution in [0, 0.1) is 18.8 Å². The molecule has 1 aromatic rings. The van der Waals surface area contributed by atoms with Crippen molar-refractivity contribution in [2.45, 2.75) is 33.1 Å². The van der Waals surface area contributed by atoms with Gasteiger partial charge in [0.25, 0.3) is 0 Å². The Morgan fingerprint density at radius 3 is 2.85 bits per heavy atom. The van der Waals surface area contributed by atoms with Crippen LogP contribution in [0.3, 0.4) is 0 Å². The molecule has 0 amide bonds. The summed E-state index contributed by atoms with van der Waals surface area (Å²) in [5.74, 6) is 6.12. The quantitative estimate of drug-likeness (QED) is 0.525. The molecular formula is C13H14. The van der Waals surface area contributed by atoms with E-state index in [2.05, 4.69) is 30.9 Å². The summed E-state index contributed by atoms with van der Waals surface area (Å²) in [4.78, 5) is 0. The molecule has 0 aromatic heterocycles. The number of benzene rings is 1. The number of aryl methyl sites for hydroxylation is 1. The largest absolute Gasteiger partial charge is 0.101 e. The molecule has 0 heterocycles. The van der Waals surface area contributed by atoms with Crippen molar-refractivity contribution in [3.05, 3.63) is 34.4 Å². The molecule has 13 heavy (non-hydrogen) atoms. The first-order valence-electron chi connectivity index (χ1n) is 4.87. The Morgan fingerprint density at radius 1 is 1.23 bits per heavy atom. The minimum absolute atomic E-state index is 1.21. The number of hydrogen-bond acceptors (Lipinski definition) is 0. The van der Waals surface area contributed by atoms with Crippen molar-refractivity contribution in [3.8, 4) is 11.8 Å². The smallest absolute Gasteiger partial charge is 0.0277 e. The average molecular weight is 170 g/mol. The second kappa shape index (κ2) is 3.26. The van der Waals surface area contributed by atoms with Gasteiger partial charge in [0, 0.05) is 5.56 Å². The van der Waals surface area contributed by atoms with Gasteiger partial charge in [0.1, 0.15) is 0 Å². The first kappa shape index (κ1) is 8.38. The lowest BCUT2D eigenvalue weighted by Crippen LogP contribution is -1.91. The molecule has 0 bridgehead atoms. The van der Waals surface area contributed by atoms with Gasteiger partial charge in [0.2, 0.25) is 0 Å². The van der Waals surface area contributed by atoms with Crippen LogP contribution in [0.5, 0.6) is 0 Å². The summed E-state index contributed by atoms with van der Waals surface area (Å²) in [6.07, 6.45) is 3.83. The summed E-state index contributed by atoms with van der Waals surface area (Å²) in [6, 6.07) is 4.41. The van der Waals surface area contributed by atoms with Crippen LogP contribution in [0.25, 0.3) is 0 Å². The van der Waals surface area contributed by atoms with Crippen LogP contribution in [0.1, 0.15) is 35.6 Å². The molecule has 1 aromatic carbocycles. The van der Waals surface area contributed by atoms with Crippen molar-refractivity contribution in [3.63, 3.8) is 0 Å². The van der Waals surface area contributed by atoms with E-state index in [1.807, 2.05) is 6.92 Å². The first-order valence-corrected chi connectivity index (χ1v) is 4.87. The number of hydrogen-bond donors (Lipinski definition) is 0. The van der Waals surface area contributed by atoms with E-state index < -0.39 is 0 Å². The highest BCUT2D eigenvalue weighted by molar-refractivity contribution is 5.49. The molecule has 2 rings (SSSR count). The molecular weight excluding hydrogens is 156 g/mol. The van der Waals surface area contributed by atoms with Gasteiger partial charge in [-0.1, -0.05) is 12.0 Å². The fraction of sp³-hybridized carbons (Fsp3) is 0.385. The van der Waals surface area contributed by atoms with Crippen molar-refractivity contribution < 1.29 is 0 Å². The lowest BCUT2D eigenvalue weighted by Gasteiger charge is -2.05. The summed E-state index contributed by atoms with van der Waals surface area (Å²) in [5, 5.41) is 0. The molecule has 1 aliphatic rings. The summed E-state index contributed by atoms with van der Waals surface area (Å²) >= 11 is 0. The lowest BCUT2D eigenvalue weighted by molar-refractivity contribution is 0.909. The van der Waals surface area contributed by atoms with Crippen LogP contribution in [0.4, 0.5) is 0 Å². The topological polar surface area (TPSA) is 0 Å². The standard InChI is InChI=1S/C13H14/c1-3-5-11-8-9-12-6-4-7-13(12)10(11)2/h8-9H,4,6-7H2,1-2H3. The molecule has 0 fully saturated rings. The molecule has 0 saturated heterocycles. The molecule has 66 valence electrons. The van der Waals surface area contributed by atoms with Crippen molar-refractivity contribution in [2.75, 3.05) is 0 Å². The lowest BCUT2D eigenvalue weighted by atomic mass is 9.99. The van der Waals surface area contributed by atoms with E-state index in [0.29, 0.717) is 0 Å². The second-order valence-corrected chi connectivity index (χ2v) is 3.60. The molecule has 0 N–H and O–H groups in total. The molecule has 0 spiro atoms. The Balaban J connectivity index is 2.56. The summed E-state index contributed by atoms with van der Waals surface area (Å²) in [7, 11) is 0. The van der Waals surface area contributed by atoms with E-state index in [0.717, 1.165) is 0 Å². The van der Waals surface area contributed by atoms with Crippen molar-refractivity contribution in [1.82, 2.24) is 0 Å². The van der Waals surface area contributed by atoms with Crippen LogP contribution >= 0.6 is 0 Å². The monoisotopic (exact) mass is 170 g/mol. The van der Waals surface area contributed by atoms with Crippen LogP contribution in [0.15, 0.2) is 12.1 Å². The number of rotatable bonds is 0. The minimum Gasteiger partial charge on any atom is -0.101 e. The first-order chi connectivity index (χ1) is 6.33. The van der Waals surface area contributed by atoms with Gasteiger partial charge < -0.3 is 0 Å². The van der Waals surface area contributed by atoms with Gasteiger partial charge >= 0.3 is 0 Å². The molecule has 0 nitrogen and oxygen atoms in total. The average Bonchev–Trinajstić information content (AvgIpc) is 2.58. The van der Waals surface area contributed by atoms with Gasteiger partial charge in [0.15, 0.2) is 0 Å². The zero-order valence-corrected chi connectivity index (χ0v) is 8.28. The maximum atomic E-state index is 3.16. The van der Waals surface area contributed by atoms with E-state index in [1.54, 1.807) is 11.1 Å². The van der Waals surface area contributed by atoms with Gasteiger partial charge in [-0.25, -0.2) is 0 Å². The van der Waals surface area contributed by atoms with Crippen LogP contribution in [-0.2, 0) is 12.8 Å². The van der Waals surface area contributed by atoms with Crippen molar-refractivity contribution >= 4 is 0 Å². The van der Waals surface area contributed by atoms with E-state index in [4.69, 9.17) is 0 Å². The highest BCUT2D eigenvalue weighted by atomic mass is 14.2. The zero-order valence-electron chi connectivity index (χ0n) is 8.28. The molecule has 0 saturated carbocycles. The third kappa shape index (κ3) is 1.35. The highest BCUT2D eigenvalue weighted by Crippen LogP contribution is 2.26. The van der Waals surface area contributed by atoms with Gasteiger partial charge in [-0.3, -0.25) is 0 Å². The van der Waals surface area contributed by atoms with Crippen molar-refractivity contribution in [2.24, 2.45) is 0 Å². The minimum atomic E-state index is 1.21. The van der Waals surface area contributed by atoms with Crippen LogP contribution < -0.4 is 0 Å². The molecule has 0 heteroatoms. The van der Waals surface area contributed by atoms with Gasteiger partial charge in [-0.05, 0) is 55.9 Å². The predicted molar refractivity (Wildman–Crippen MR) is 55.8 cm³/mol. The fourth-order valence-electron chi connectivity index (χ4n) is 2.12. The van der Waals surface area contributed by atoms with Gasteiger partial charge in [-0.15, -0.1) is 5.92 Å². The molecule has 0 atom stereocenters. The second-order valence-electron chi connectivity index (χ2n) is 3.60.